The number of thiophene rings is 1. The average molecular weight is 328 g/mol. The Balaban J connectivity index is 1.84. The summed E-state index contributed by atoms with van der Waals surface area (Å²) in [4.78, 5) is 29.5. The highest BCUT2D eigenvalue weighted by Crippen LogP contribution is 2.26. The van der Waals surface area contributed by atoms with Gasteiger partial charge in [-0.1, -0.05) is 18.2 Å². The Morgan fingerprint density at radius 3 is 2.70 bits per heavy atom. The van der Waals surface area contributed by atoms with Crippen LogP contribution in [0.4, 0.5) is 5.69 Å². The molecule has 2 aromatic rings. The van der Waals surface area contributed by atoms with Crippen LogP contribution in [0.5, 0.6) is 0 Å². The SMILES string of the molecule is Cc1ccc(C)c(N2CCN(C(=O)c3cccs3)[C@H](C)C2=O)c1. The van der Waals surface area contributed by atoms with Crippen molar-refractivity contribution in [1.29, 1.82) is 0 Å². The molecule has 2 heterocycles. The van der Waals surface area contributed by atoms with Crippen LogP contribution in [0.1, 0.15) is 27.7 Å². The second-order valence-corrected chi connectivity index (χ2v) is 6.88. The fourth-order valence-electron chi connectivity index (χ4n) is 2.94. The quantitative estimate of drug-likeness (QED) is 0.849. The maximum atomic E-state index is 12.8. The second-order valence-electron chi connectivity index (χ2n) is 5.93. The third-order valence-electron chi connectivity index (χ3n) is 4.30. The molecule has 1 aliphatic heterocycles. The van der Waals surface area contributed by atoms with Gasteiger partial charge in [0.05, 0.1) is 4.88 Å². The van der Waals surface area contributed by atoms with E-state index in [0.717, 1.165) is 16.8 Å². The smallest absolute Gasteiger partial charge is 0.264 e. The maximum Gasteiger partial charge on any atom is 0.264 e. The highest BCUT2D eigenvalue weighted by molar-refractivity contribution is 7.12. The minimum Gasteiger partial charge on any atom is -0.324 e. The number of carbonyl (C=O) groups excluding carboxylic acids is 2. The van der Waals surface area contributed by atoms with Crippen LogP contribution in [0.3, 0.4) is 0 Å². The molecule has 0 bridgehead atoms. The molecule has 0 aliphatic carbocycles. The summed E-state index contributed by atoms with van der Waals surface area (Å²) in [6.07, 6.45) is 0. The highest BCUT2D eigenvalue weighted by atomic mass is 32.1. The summed E-state index contributed by atoms with van der Waals surface area (Å²) in [6.45, 7) is 6.93. The van der Waals surface area contributed by atoms with E-state index in [4.69, 9.17) is 0 Å². The van der Waals surface area contributed by atoms with Gasteiger partial charge < -0.3 is 9.80 Å². The van der Waals surface area contributed by atoms with Crippen molar-refractivity contribution in [2.75, 3.05) is 18.0 Å². The van der Waals surface area contributed by atoms with Gasteiger partial charge in [0.25, 0.3) is 5.91 Å². The Hall–Kier alpha value is -2.14. The molecule has 0 N–H and O–H groups in total. The molecule has 0 spiro atoms. The molecule has 23 heavy (non-hydrogen) atoms. The van der Waals surface area contributed by atoms with E-state index in [9.17, 15) is 9.59 Å². The van der Waals surface area contributed by atoms with E-state index in [2.05, 4.69) is 0 Å². The fourth-order valence-corrected chi connectivity index (χ4v) is 3.62. The molecule has 4 nitrogen and oxygen atoms in total. The van der Waals surface area contributed by atoms with Gasteiger partial charge in [0.15, 0.2) is 0 Å². The van der Waals surface area contributed by atoms with Crippen LogP contribution in [0, 0.1) is 13.8 Å². The number of hydrogen-bond acceptors (Lipinski definition) is 3. The van der Waals surface area contributed by atoms with Crippen LogP contribution in [0.25, 0.3) is 0 Å². The summed E-state index contributed by atoms with van der Waals surface area (Å²) in [5.74, 6) is -0.0729. The fraction of sp³-hybridized carbons (Fsp3) is 0.333. The lowest BCUT2D eigenvalue weighted by atomic mass is 10.1. The number of amides is 2. The van der Waals surface area contributed by atoms with Gasteiger partial charge in [-0.2, -0.15) is 0 Å². The van der Waals surface area contributed by atoms with E-state index < -0.39 is 6.04 Å². The maximum absolute atomic E-state index is 12.8. The topological polar surface area (TPSA) is 40.6 Å². The van der Waals surface area contributed by atoms with Crippen molar-refractivity contribution in [2.24, 2.45) is 0 Å². The third kappa shape index (κ3) is 2.88. The number of benzene rings is 1. The predicted octanol–water partition coefficient (Wildman–Crippen LogP) is 3.24. The van der Waals surface area contributed by atoms with Gasteiger partial charge in [0, 0.05) is 18.8 Å². The van der Waals surface area contributed by atoms with Crippen LogP contribution in [0.15, 0.2) is 35.7 Å². The van der Waals surface area contributed by atoms with E-state index in [1.54, 1.807) is 11.0 Å². The van der Waals surface area contributed by atoms with E-state index >= 15 is 0 Å². The molecule has 1 aliphatic rings. The third-order valence-corrected chi connectivity index (χ3v) is 5.16. The molecule has 0 saturated carbocycles. The molecule has 3 rings (SSSR count). The number of aryl methyl sites for hydroxylation is 2. The van der Waals surface area contributed by atoms with Crippen LogP contribution < -0.4 is 4.90 Å². The second kappa shape index (κ2) is 6.16. The minimum atomic E-state index is -0.446. The van der Waals surface area contributed by atoms with Gasteiger partial charge in [0.2, 0.25) is 5.91 Å². The summed E-state index contributed by atoms with van der Waals surface area (Å²) in [7, 11) is 0. The zero-order valence-corrected chi connectivity index (χ0v) is 14.4. The van der Waals surface area contributed by atoms with Gasteiger partial charge in [0.1, 0.15) is 6.04 Å². The van der Waals surface area contributed by atoms with Gasteiger partial charge in [-0.05, 0) is 49.4 Å². The van der Waals surface area contributed by atoms with Gasteiger partial charge in [-0.15, -0.1) is 11.3 Å². The molecule has 0 unspecified atom stereocenters. The van der Waals surface area contributed by atoms with Crippen LogP contribution in [-0.2, 0) is 4.79 Å². The van der Waals surface area contributed by atoms with Crippen LogP contribution in [-0.4, -0.2) is 35.8 Å². The van der Waals surface area contributed by atoms with Crippen molar-refractivity contribution in [3.8, 4) is 0 Å². The van der Waals surface area contributed by atoms with E-state index in [1.807, 2.05) is 55.3 Å². The first kappa shape index (κ1) is 15.7. The molecule has 5 heteroatoms. The molecular weight excluding hydrogens is 308 g/mol. The Morgan fingerprint density at radius 1 is 1.22 bits per heavy atom. The summed E-state index contributed by atoms with van der Waals surface area (Å²) < 4.78 is 0. The molecule has 1 fully saturated rings. The number of anilines is 1. The number of hydrogen-bond donors (Lipinski definition) is 0. The van der Waals surface area contributed by atoms with Crippen molar-refractivity contribution in [2.45, 2.75) is 26.8 Å². The first-order chi connectivity index (χ1) is 11.0. The molecule has 2 amide bonds. The average Bonchev–Trinajstić information content (AvgIpc) is 3.06. The normalized spacial score (nSPS) is 18.4. The molecular formula is C18H20N2O2S. The molecule has 1 atom stereocenters. The van der Waals surface area contributed by atoms with Crippen molar-refractivity contribution in [3.05, 3.63) is 51.7 Å². The molecule has 1 aromatic heterocycles. The van der Waals surface area contributed by atoms with Crippen molar-refractivity contribution < 1.29 is 9.59 Å². The van der Waals surface area contributed by atoms with E-state index in [-0.39, 0.29) is 11.8 Å². The zero-order chi connectivity index (χ0) is 16.6. The summed E-state index contributed by atoms with van der Waals surface area (Å²) in [6, 6.07) is 9.34. The number of nitrogens with zero attached hydrogens (tertiary/aromatic N) is 2. The summed E-state index contributed by atoms with van der Waals surface area (Å²) >= 11 is 1.41. The van der Waals surface area contributed by atoms with E-state index in [0.29, 0.717) is 18.0 Å². The first-order valence-electron chi connectivity index (χ1n) is 7.72. The Morgan fingerprint density at radius 2 is 2.00 bits per heavy atom. The minimum absolute atomic E-state index is 0.0187. The largest absolute Gasteiger partial charge is 0.324 e. The molecule has 120 valence electrons. The van der Waals surface area contributed by atoms with Gasteiger partial charge in [-0.25, -0.2) is 0 Å². The summed E-state index contributed by atoms with van der Waals surface area (Å²) in [5, 5.41) is 1.88. The van der Waals surface area contributed by atoms with Crippen LogP contribution >= 0.6 is 11.3 Å². The van der Waals surface area contributed by atoms with Gasteiger partial charge in [-0.3, -0.25) is 9.59 Å². The van der Waals surface area contributed by atoms with Gasteiger partial charge >= 0.3 is 0 Å². The predicted molar refractivity (Wildman–Crippen MR) is 93.1 cm³/mol. The van der Waals surface area contributed by atoms with Crippen molar-refractivity contribution in [1.82, 2.24) is 4.90 Å². The Kier molecular flexibility index (Phi) is 4.22. The zero-order valence-electron chi connectivity index (χ0n) is 13.6. The van der Waals surface area contributed by atoms with Crippen molar-refractivity contribution >= 4 is 28.8 Å². The highest BCUT2D eigenvalue weighted by Gasteiger charge is 2.36. The standard InChI is InChI=1S/C18H20N2O2S/c1-12-6-7-13(2)15(11-12)20-9-8-19(14(3)17(20)21)18(22)16-5-4-10-23-16/h4-7,10-11,14H,8-9H2,1-3H3/t14-/m1/s1. The number of carbonyl (C=O) groups is 2. The Bertz CT molecular complexity index is 739. The monoisotopic (exact) mass is 328 g/mol. The number of rotatable bonds is 2. The first-order valence-corrected chi connectivity index (χ1v) is 8.60. The number of piperazine rings is 1. The lowest BCUT2D eigenvalue weighted by molar-refractivity contribution is -0.124. The molecule has 0 radical (unpaired) electrons. The Labute approximate surface area is 140 Å². The molecule has 1 saturated heterocycles. The lowest BCUT2D eigenvalue weighted by Gasteiger charge is -2.39. The van der Waals surface area contributed by atoms with Crippen LogP contribution in [0.2, 0.25) is 0 Å². The summed E-state index contributed by atoms with van der Waals surface area (Å²) in [5.41, 5.74) is 3.16. The lowest BCUT2D eigenvalue weighted by Crippen LogP contribution is -2.57. The molecule has 1 aromatic carbocycles. The van der Waals surface area contributed by atoms with Crippen molar-refractivity contribution in [3.63, 3.8) is 0 Å². The van der Waals surface area contributed by atoms with E-state index in [1.165, 1.54) is 11.3 Å².